The molecule has 0 spiro atoms. The first-order valence-electron chi connectivity index (χ1n) is 26.0. The SMILES string of the molecule is CCCCCCCCCCCCCCCC(=O)NCCOCCOCC(=O)NCC(=O)N[C@H](C(=O)N[C@@H](CCC(N)=O)C(=O)N[C@@H](CCCNC(=N)N)C(=O)N[C@@H](CO)C(=O)N[C@@H](CCCC)C(N)=O)[C@@H](C)O. The number of carbonyl (C=O) groups excluding carboxylic acids is 9. The van der Waals surface area contributed by atoms with Gasteiger partial charge in [-0.05, 0) is 39.0 Å². The number of amides is 9. The number of unbranched alkanes of at least 4 members (excludes halogenated alkanes) is 13. The Bertz CT molecular complexity index is 1660. The number of primary amides is 2. The number of rotatable bonds is 46. The van der Waals surface area contributed by atoms with Crippen LogP contribution < -0.4 is 59.7 Å². The van der Waals surface area contributed by atoms with Crippen molar-refractivity contribution in [3.63, 3.8) is 0 Å². The van der Waals surface area contributed by atoms with Gasteiger partial charge in [0, 0.05) is 25.9 Å². The van der Waals surface area contributed by atoms with Gasteiger partial charge >= 0.3 is 0 Å². The van der Waals surface area contributed by atoms with Crippen LogP contribution in [0.4, 0.5) is 0 Å². The number of carbonyl (C=O) groups is 9. The summed E-state index contributed by atoms with van der Waals surface area (Å²) in [6.45, 7) is 4.12. The van der Waals surface area contributed by atoms with E-state index in [1.165, 1.54) is 71.1 Å². The highest BCUT2D eigenvalue weighted by Gasteiger charge is 2.33. The molecule has 0 aliphatic heterocycles. The molecular formula is C48H90N12O13. The van der Waals surface area contributed by atoms with Crippen LogP contribution in [0, 0.1) is 5.41 Å². The van der Waals surface area contributed by atoms with Crippen molar-refractivity contribution in [2.24, 2.45) is 17.2 Å². The summed E-state index contributed by atoms with van der Waals surface area (Å²) in [5.74, 6) is -7.70. The van der Waals surface area contributed by atoms with Crippen molar-refractivity contribution in [3.8, 4) is 0 Å². The van der Waals surface area contributed by atoms with Crippen molar-refractivity contribution in [2.75, 3.05) is 52.7 Å². The lowest BCUT2D eigenvalue weighted by atomic mass is 10.0. The van der Waals surface area contributed by atoms with E-state index in [4.69, 9.17) is 32.1 Å². The predicted octanol–water partition coefficient (Wildman–Crippen LogP) is -1.27. The zero-order chi connectivity index (χ0) is 54.8. The van der Waals surface area contributed by atoms with Crippen LogP contribution in [-0.2, 0) is 52.6 Å². The van der Waals surface area contributed by atoms with E-state index >= 15 is 0 Å². The van der Waals surface area contributed by atoms with Gasteiger partial charge in [0.25, 0.3) is 0 Å². The molecule has 9 amide bonds. The fourth-order valence-corrected chi connectivity index (χ4v) is 7.22. The van der Waals surface area contributed by atoms with Crippen molar-refractivity contribution in [3.05, 3.63) is 0 Å². The maximum Gasteiger partial charge on any atom is 0.246 e. The molecule has 0 aliphatic rings. The van der Waals surface area contributed by atoms with E-state index in [9.17, 15) is 53.4 Å². The van der Waals surface area contributed by atoms with Crippen molar-refractivity contribution in [1.29, 1.82) is 5.41 Å². The molecule has 0 saturated carbocycles. The molecule has 0 aromatic carbocycles. The van der Waals surface area contributed by atoms with Crippen LogP contribution in [0.1, 0.15) is 156 Å². The van der Waals surface area contributed by atoms with Crippen LogP contribution in [0.5, 0.6) is 0 Å². The lowest BCUT2D eigenvalue weighted by Gasteiger charge is -2.27. The number of aliphatic hydroxyl groups is 2. The molecule has 0 fully saturated rings. The van der Waals surface area contributed by atoms with E-state index in [0.29, 0.717) is 25.8 Å². The van der Waals surface area contributed by atoms with Gasteiger partial charge in [0.15, 0.2) is 5.96 Å². The third-order valence-electron chi connectivity index (χ3n) is 11.5. The number of guanidine groups is 1. The Kier molecular flexibility index (Phi) is 39.5. The lowest BCUT2D eigenvalue weighted by molar-refractivity contribution is -0.136. The van der Waals surface area contributed by atoms with E-state index in [2.05, 4.69) is 49.5 Å². The highest BCUT2D eigenvalue weighted by atomic mass is 16.5. The molecule has 0 unspecified atom stereocenters. The van der Waals surface area contributed by atoms with Crippen LogP contribution in [0.25, 0.3) is 0 Å². The molecule has 420 valence electrons. The van der Waals surface area contributed by atoms with E-state index < -0.39 is 116 Å². The summed E-state index contributed by atoms with van der Waals surface area (Å²) in [5.41, 5.74) is 16.1. The van der Waals surface area contributed by atoms with Crippen LogP contribution in [0.3, 0.4) is 0 Å². The second kappa shape index (κ2) is 42.8. The van der Waals surface area contributed by atoms with Gasteiger partial charge in [-0.3, -0.25) is 48.6 Å². The summed E-state index contributed by atoms with van der Waals surface area (Å²) in [4.78, 5) is 115. The van der Waals surface area contributed by atoms with Crippen LogP contribution >= 0.6 is 0 Å². The van der Waals surface area contributed by atoms with Gasteiger partial charge in [-0.1, -0.05) is 104 Å². The van der Waals surface area contributed by atoms with Crippen molar-refractivity contribution in [1.82, 2.24) is 42.5 Å². The first kappa shape index (κ1) is 67.3. The number of hydrogen-bond donors (Lipinski definition) is 14. The Labute approximate surface area is 430 Å². The molecule has 0 saturated heterocycles. The van der Waals surface area contributed by atoms with Crippen LogP contribution in [0.2, 0.25) is 0 Å². The number of nitrogens with two attached hydrogens (primary N) is 3. The van der Waals surface area contributed by atoms with Crippen LogP contribution in [0.15, 0.2) is 0 Å². The van der Waals surface area contributed by atoms with E-state index in [0.717, 1.165) is 19.3 Å². The van der Waals surface area contributed by atoms with Gasteiger partial charge in [0.1, 0.15) is 36.8 Å². The number of ether oxygens (including phenoxy) is 2. The summed E-state index contributed by atoms with van der Waals surface area (Å²) in [7, 11) is 0. The summed E-state index contributed by atoms with van der Waals surface area (Å²) >= 11 is 0. The summed E-state index contributed by atoms with van der Waals surface area (Å²) < 4.78 is 10.7. The van der Waals surface area contributed by atoms with E-state index in [1.54, 1.807) is 0 Å². The highest BCUT2D eigenvalue weighted by Crippen LogP contribution is 2.13. The van der Waals surface area contributed by atoms with Gasteiger partial charge in [-0.2, -0.15) is 0 Å². The Morgan fingerprint density at radius 2 is 1.01 bits per heavy atom. The summed E-state index contributed by atoms with van der Waals surface area (Å²) in [6.07, 6.45) is 15.5. The molecule has 17 N–H and O–H groups in total. The average molecular weight is 1040 g/mol. The van der Waals surface area contributed by atoms with Gasteiger partial charge in [0.05, 0.1) is 39.1 Å². The second-order valence-electron chi connectivity index (χ2n) is 18.0. The highest BCUT2D eigenvalue weighted by molar-refractivity contribution is 5.97. The number of nitrogens with one attached hydrogen (secondary N) is 9. The Morgan fingerprint density at radius 3 is 1.56 bits per heavy atom. The monoisotopic (exact) mass is 1040 g/mol. The molecule has 0 rings (SSSR count). The lowest BCUT2D eigenvalue weighted by Crippen LogP contribution is -2.60. The fraction of sp³-hybridized carbons (Fsp3) is 0.792. The molecule has 25 nitrogen and oxygen atoms in total. The maximum atomic E-state index is 13.7. The topological polar surface area (TPSA) is 411 Å². The molecular weight excluding hydrogens is 953 g/mol. The van der Waals surface area contributed by atoms with E-state index in [-0.39, 0.29) is 57.5 Å². The minimum Gasteiger partial charge on any atom is -0.394 e. The molecule has 6 atom stereocenters. The zero-order valence-electron chi connectivity index (χ0n) is 43.6. The maximum absolute atomic E-state index is 13.7. The third kappa shape index (κ3) is 36.0. The van der Waals surface area contributed by atoms with Crippen molar-refractivity contribution in [2.45, 2.75) is 192 Å². The predicted molar refractivity (Wildman–Crippen MR) is 273 cm³/mol. The van der Waals surface area contributed by atoms with Gasteiger partial charge < -0.3 is 79.4 Å². The van der Waals surface area contributed by atoms with Gasteiger partial charge in [-0.25, -0.2) is 0 Å². The first-order valence-corrected chi connectivity index (χ1v) is 26.0. The molecule has 0 aromatic heterocycles. The van der Waals surface area contributed by atoms with Crippen molar-refractivity contribution < 1.29 is 62.8 Å². The number of hydrogen-bond acceptors (Lipinski definition) is 14. The molecule has 25 heteroatoms. The molecule has 0 heterocycles. The van der Waals surface area contributed by atoms with Crippen molar-refractivity contribution >= 4 is 59.1 Å². The minimum atomic E-state index is -1.69. The quantitative estimate of drug-likeness (QED) is 0.0192. The number of aliphatic hydroxyl groups excluding tert-OH is 2. The fourth-order valence-electron chi connectivity index (χ4n) is 7.22. The largest absolute Gasteiger partial charge is 0.394 e. The molecule has 0 radical (unpaired) electrons. The Hall–Kier alpha value is -5.66. The van der Waals surface area contributed by atoms with Crippen LogP contribution in [-0.4, -0.2) is 158 Å². The van der Waals surface area contributed by atoms with E-state index in [1.807, 2.05) is 6.92 Å². The Morgan fingerprint density at radius 1 is 0.507 bits per heavy atom. The second-order valence-corrected chi connectivity index (χ2v) is 18.0. The summed E-state index contributed by atoms with van der Waals surface area (Å²) in [6, 6.07) is -7.42. The molecule has 0 aromatic rings. The third-order valence-corrected chi connectivity index (χ3v) is 11.5. The van der Waals surface area contributed by atoms with Gasteiger partial charge in [0.2, 0.25) is 53.2 Å². The zero-order valence-corrected chi connectivity index (χ0v) is 43.6. The average Bonchev–Trinajstić information content (AvgIpc) is 3.34. The smallest absolute Gasteiger partial charge is 0.246 e. The molecule has 0 bridgehead atoms. The summed E-state index contributed by atoms with van der Waals surface area (Å²) in [5, 5.41) is 47.2. The molecule has 73 heavy (non-hydrogen) atoms. The minimum absolute atomic E-state index is 0.0300. The Balaban J connectivity index is 5.05. The molecule has 0 aliphatic carbocycles. The van der Waals surface area contributed by atoms with Gasteiger partial charge in [-0.15, -0.1) is 0 Å². The first-order chi connectivity index (χ1) is 34.9. The standard InChI is InChI=1S/C48H90N12O13/c1-4-6-8-9-10-11-12-13-14-15-16-17-18-22-39(64)53-26-27-72-28-29-73-32-41(66)55-30-40(65)60-42(33(3)62)47(71)58-36(23-24-38(49)63)45(69)57-35(21-19-25-54-48(51)52)44(68)59-37(31-61)46(70)56-34(43(50)67)20-7-5-2/h33-37,42,61-62H,4-32H2,1-3H3,(H2,49,63)(H2,50,67)(H,53,64)(H,55,66)(H,56,70)(H,57,69)(H,58,71)(H,59,68)(H,60,65)(H4,51,52,54)/t33-,34+,35+,36+,37+,42+/m1/s1. The normalized spacial score (nSPS) is 13.4.